The average molecular weight is 724 g/mol. The van der Waals surface area contributed by atoms with Crippen molar-refractivity contribution in [3.63, 3.8) is 0 Å². The van der Waals surface area contributed by atoms with E-state index in [4.69, 9.17) is 5.73 Å². The molecule has 0 saturated heterocycles. The first kappa shape index (κ1) is 41.7. The fourth-order valence-electron chi connectivity index (χ4n) is 3.24. The SMILES string of the molecule is C=C(N)C(C)=C(C)C.C=NC(=C)c1c(C(=C)C)cc(S(=O)(=O)O)c(N=Nc2cc(S(=O)(=O)O)c(N=NC/C=C/C)cc2O)c1O.[Cu]. The quantitative estimate of drug-likeness (QED) is 0.0393. The van der Waals surface area contributed by atoms with Crippen molar-refractivity contribution in [2.24, 2.45) is 31.2 Å². The zero-order valence-corrected chi connectivity index (χ0v) is 28.4. The van der Waals surface area contributed by atoms with E-state index < -0.39 is 58.6 Å². The summed E-state index contributed by atoms with van der Waals surface area (Å²) in [6, 6.07) is 2.49. The molecule has 0 unspecified atom stereocenters. The van der Waals surface area contributed by atoms with E-state index in [0.29, 0.717) is 11.8 Å². The second kappa shape index (κ2) is 17.4. The third-order valence-corrected chi connectivity index (χ3v) is 7.63. The molecule has 0 heterocycles. The van der Waals surface area contributed by atoms with Crippen molar-refractivity contribution in [2.45, 2.75) is 44.4 Å². The minimum absolute atomic E-state index is 0. The number of hydrogen-bond acceptors (Lipinski definition) is 12. The molecule has 253 valence electrons. The summed E-state index contributed by atoms with van der Waals surface area (Å²) in [5.41, 5.74) is 6.78. The summed E-state index contributed by atoms with van der Waals surface area (Å²) in [4.78, 5) is 1.96. The summed E-state index contributed by atoms with van der Waals surface area (Å²) in [6.45, 7) is 23.6. The second-order valence-electron chi connectivity index (χ2n) is 9.48. The Morgan fingerprint density at radius 3 is 1.87 bits per heavy atom. The van der Waals surface area contributed by atoms with E-state index in [1.54, 1.807) is 19.1 Å². The molecule has 1 radical (unpaired) electrons. The number of benzene rings is 2. The van der Waals surface area contributed by atoms with Crippen molar-refractivity contribution in [3.05, 3.63) is 78.1 Å². The number of nitrogens with zero attached hydrogens (tertiary/aromatic N) is 5. The van der Waals surface area contributed by atoms with Crippen LogP contribution >= 0.6 is 0 Å². The molecule has 0 atom stereocenters. The summed E-state index contributed by atoms with van der Waals surface area (Å²) >= 11 is 0. The van der Waals surface area contributed by atoms with Gasteiger partial charge in [-0.2, -0.15) is 27.1 Å². The Labute approximate surface area is 279 Å². The van der Waals surface area contributed by atoms with Gasteiger partial charge in [0, 0.05) is 28.8 Å². The minimum atomic E-state index is -4.99. The maximum atomic E-state index is 12.1. The Morgan fingerprint density at radius 2 is 1.46 bits per heavy atom. The van der Waals surface area contributed by atoms with Gasteiger partial charge < -0.3 is 15.9 Å². The third kappa shape index (κ3) is 11.3. The van der Waals surface area contributed by atoms with E-state index in [-0.39, 0.29) is 46.0 Å². The van der Waals surface area contributed by atoms with E-state index in [1.165, 1.54) is 12.5 Å². The smallest absolute Gasteiger partial charge is 0.296 e. The normalized spacial score (nSPS) is 11.5. The van der Waals surface area contributed by atoms with E-state index in [2.05, 4.69) is 51.9 Å². The molecule has 2 aromatic carbocycles. The molecule has 17 heteroatoms. The molecule has 0 spiro atoms. The van der Waals surface area contributed by atoms with Crippen LogP contribution in [0.4, 0.5) is 17.1 Å². The van der Waals surface area contributed by atoms with Crippen LogP contribution in [0.1, 0.15) is 45.7 Å². The fraction of sp³-hybridized carbons (Fsp3) is 0.207. The van der Waals surface area contributed by atoms with Gasteiger partial charge in [0.05, 0.1) is 17.8 Å². The van der Waals surface area contributed by atoms with Crippen LogP contribution in [0.25, 0.3) is 11.3 Å². The zero-order chi connectivity index (χ0) is 34.9. The Kier molecular flexibility index (Phi) is 15.8. The van der Waals surface area contributed by atoms with Crippen LogP contribution in [0, 0.1) is 0 Å². The molecule has 2 rings (SSSR count). The van der Waals surface area contributed by atoms with Gasteiger partial charge >= 0.3 is 0 Å². The van der Waals surface area contributed by atoms with Gasteiger partial charge in [-0.05, 0) is 64.6 Å². The topological polar surface area (TPSA) is 237 Å². The van der Waals surface area contributed by atoms with Gasteiger partial charge in [0.15, 0.2) is 5.75 Å². The van der Waals surface area contributed by atoms with E-state index in [1.807, 2.05) is 20.8 Å². The largest absolute Gasteiger partial charge is 0.506 e. The van der Waals surface area contributed by atoms with E-state index in [0.717, 1.165) is 17.7 Å². The summed E-state index contributed by atoms with van der Waals surface area (Å²) < 4.78 is 67.2. The first-order valence-corrected chi connectivity index (χ1v) is 15.6. The fourth-order valence-corrected chi connectivity index (χ4v) is 4.51. The summed E-state index contributed by atoms with van der Waals surface area (Å²) in [5.74, 6) is -1.50. The van der Waals surface area contributed by atoms with Crippen LogP contribution in [0.15, 0.2) is 102 Å². The predicted octanol–water partition coefficient (Wildman–Crippen LogP) is 7.18. The molecule has 2 aromatic rings. The first-order valence-electron chi connectivity index (χ1n) is 12.7. The van der Waals surface area contributed by atoms with Crippen LogP contribution in [-0.2, 0) is 37.3 Å². The minimum Gasteiger partial charge on any atom is -0.506 e. The molecule has 0 saturated carbocycles. The molecule has 0 amide bonds. The number of hydrogen-bond donors (Lipinski definition) is 5. The van der Waals surface area contributed by atoms with Crippen LogP contribution in [0.3, 0.4) is 0 Å². The van der Waals surface area contributed by atoms with Crippen LogP contribution in [0.5, 0.6) is 11.5 Å². The number of aromatic hydroxyl groups is 2. The Hall–Kier alpha value is -4.25. The van der Waals surface area contributed by atoms with E-state index >= 15 is 0 Å². The molecule has 0 bridgehead atoms. The second-order valence-corrected chi connectivity index (χ2v) is 12.3. The molecule has 0 aromatic heterocycles. The third-order valence-electron chi connectivity index (χ3n) is 5.88. The molecule has 6 N–H and O–H groups in total. The van der Waals surface area contributed by atoms with Crippen molar-refractivity contribution in [1.29, 1.82) is 0 Å². The molecule has 14 nitrogen and oxygen atoms in total. The van der Waals surface area contributed by atoms with Gasteiger partial charge in [0.2, 0.25) is 0 Å². The van der Waals surface area contributed by atoms with Crippen molar-refractivity contribution in [3.8, 4) is 11.5 Å². The number of aliphatic imine (C=N–C) groups is 1. The van der Waals surface area contributed by atoms with E-state index in [9.17, 15) is 36.2 Å². The number of rotatable bonds is 11. The van der Waals surface area contributed by atoms with Gasteiger partial charge in [-0.15, -0.1) is 10.2 Å². The number of allylic oxidation sites excluding steroid dienone is 4. The van der Waals surface area contributed by atoms with Crippen molar-refractivity contribution in [2.75, 3.05) is 6.54 Å². The number of azo groups is 2. The Morgan fingerprint density at radius 1 is 0.891 bits per heavy atom. The number of phenolic OH excluding ortho intramolecular Hbond substituents is 2. The maximum absolute atomic E-state index is 12.1. The van der Waals surface area contributed by atoms with Crippen LogP contribution in [0.2, 0.25) is 0 Å². The van der Waals surface area contributed by atoms with Gasteiger partial charge in [-0.3, -0.25) is 14.1 Å². The van der Waals surface area contributed by atoms with Gasteiger partial charge in [0.25, 0.3) is 20.2 Å². The number of phenols is 2. The summed E-state index contributed by atoms with van der Waals surface area (Å²) in [6.07, 6.45) is 3.29. The number of nitrogens with two attached hydrogens (primary N) is 1. The van der Waals surface area contributed by atoms with Gasteiger partial charge in [-0.25, -0.2) is 0 Å². The molecule has 0 aliphatic rings. The maximum Gasteiger partial charge on any atom is 0.296 e. The van der Waals surface area contributed by atoms with Crippen LogP contribution in [-0.4, -0.2) is 49.4 Å². The predicted molar refractivity (Wildman–Crippen MR) is 175 cm³/mol. The van der Waals surface area contributed by atoms with Gasteiger partial charge in [0.1, 0.15) is 32.6 Å². The Bertz CT molecular complexity index is 1880. The average Bonchev–Trinajstić information content (AvgIpc) is 2.92. The van der Waals surface area contributed by atoms with Gasteiger partial charge in [-0.1, -0.05) is 43.0 Å². The molecule has 46 heavy (non-hydrogen) atoms. The molecule has 0 fully saturated rings. The molecular formula is C29H36CuN6O8S2. The monoisotopic (exact) mass is 723 g/mol. The molecule has 0 aliphatic heterocycles. The summed E-state index contributed by atoms with van der Waals surface area (Å²) in [5, 5.41) is 35.8. The van der Waals surface area contributed by atoms with Crippen molar-refractivity contribution < 1.29 is 53.2 Å². The first-order chi connectivity index (χ1) is 20.7. The summed E-state index contributed by atoms with van der Waals surface area (Å²) in [7, 11) is -9.88. The standard InChI is InChI=1S/C22H23N5O8S2.C7H13N.Cu/c1-6-7-8-24-25-16-10-17(28)15(11-18(16)36(30,31)32)26-27-21-19(37(33,34)35)9-14(12(2)3)20(22(21)29)13(4)23-5;1-5(2)6(3)7(4)8;/h6-7,9-11,28-29H,2,4-5,8H2,1,3H3,(H,30,31,32)(H,33,34,35);4,8H2,1-3H3;/b7-6+,25-24?,27-26?;;. The molecular weight excluding hydrogens is 688 g/mol. The van der Waals surface area contributed by atoms with Crippen molar-refractivity contribution in [1.82, 2.24) is 0 Å². The Balaban J connectivity index is 0.00000198. The van der Waals surface area contributed by atoms with Crippen molar-refractivity contribution >= 4 is 55.3 Å². The van der Waals surface area contributed by atoms with Crippen LogP contribution < -0.4 is 5.73 Å². The molecule has 0 aliphatic carbocycles. The zero-order valence-electron chi connectivity index (χ0n) is 25.8.